The Morgan fingerprint density at radius 3 is 2.44 bits per heavy atom. The van der Waals surface area contributed by atoms with E-state index in [9.17, 15) is 22.8 Å². The summed E-state index contributed by atoms with van der Waals surface area (Å²) in [6, 6.07) is 11.5. The number of carbonyl (C=O) groups is 2. The average Bonchev–Trinajstić information content (AvgIpc) is 3.68. The lowest BCUT2D eigenvalue weighted by atomic mass is 9.96. The molecule has 7 nitrogen and oxygen atoms in total. The molecular weight excluding hydrogens is 509 g/mol. The lowest BCUT2D eigenvalue weighted by Gasteiger charge is -2.32. The number of amides is 2. The number of benzene rings is 2. The van der Waals surface area contributed by atoms with Crippen LogP contribution in [0.2, 0.25) is 0 Å². The van der Waals surface area contributed by atoms with E-state index in [1.165, 1.54) is 18.4 Å². The lowest BCUT2D eigenvalue weighted by Crippen LogP contribution is -2.39. The van der Waals surface area contributed by atoms with E-state index in [0.717, 1.165) is 41.4 Å². The molecule has 3 aromatic rings. The zero-order chi connectivity index (χ0) is 27.6. The van der Waals surface area contributed by atoms with Gasteiger partial charge in [0.25, 0.3) is 11.8 Å². The third-order valence-electron chi connectivity index (χ3n) is 7.60. The molecule has 208 valence electrons. The SMILES string of the molecule is Cc1c(C(=O)NCCOCC(F)(F)F)ccc2nn(CC3CCN(C(=O)c4ccc(C5CC5)cc4)CC3)cc12. The number of likely N-dealkylation sites (tertiary alicyclic amines) is 1. The van der Waals surface area contributed by atoms with E-state index in [4.69, 9.17) is 0 Å². The van der Waals surface area contributed by atoms with Crippen LogP contribution in [0.15, 0.2) is 42.6 Å². The van der Waals surface area contributed by atoms with E-state index in [-0.39, 0.29) is 25.0 Å². The number of piperidine rings is 1. The maximum absolute atomic E-state index is 13.0. The highest BCUT2D eigenvalue weighted by atomic mass is 19.4. The normalized spacial score (nSPS) is 16.6. The fourth-order valence-electron chi connectivity index (χ4n) is 5.22. The van der Waals surface area contributed by atoms with Crippen LogP contribution in [0.5, 0.6) is 0 Å². The van der Waals surface area contributed by atoms with Gasteiger partial charge in [0.2, 0.25) is 0 Å². The molecule has 2 fully saturated rings. The minimum atomic E-state index is -4.39. The van der Waals surface area contributed by atoms with Crippen LogP contribution in [0, 0.1) is 12.8 Å². The third kappa shape index (κ3) is 6.79. The third-order valence-corrected chi connectivity index (χ3v) is 7.60. The molecule has 39 heavy (non-hydrogen) atoms. The van der Waals surface area contributed by atoms with Gasteiger partial charge in [-0.2, -0.15) is 18.3 Å². The molecule has 5 rings (SSSR count). The maximum atomic E-state index is 13.0. The van der Waals surface area contributed by atoms with Gasteiger partial charge in [-0.1, -0.05) is 12.1 Å². The highest BCUT2D eigenvalue weighted by molar-refractivity contribution is 6.00. The van der Waals surface area contributed by atoms with Gasteiger partial charge in [0.05, 0.1) is 12.1 Å². The molecule has 0 radical (unpaired) electrons. The van der Waals surface area contributed by atoms with Gasteiger partial charge in [-0.3, -0.25) is 14.3 Å². The van der Waals surface area contributed by atoms with Crippen molar-refractivity contribution in [3.8, 4) is 0 Å². The van der Waals surface area contributed by atoms with Crippen LogP contribution in [0.1, 0.15) is 63.4 Å². The molecule has 1 aliphatic heterocycles. The summed E-state index contributed by atoms with van der Waals surface area (Å²) in [4.78, 5) is 27.5. The Kier molecular flexibility index (Phi) is 7.93. The van der Waals surface area contributed by atoms with Crippen molar-refractivity contribution in [2.75, 3.05) is 32.8 Å². The van der Waals surface area contributed by atoms with Crippen LogP contribution in [-0.2, 0) is 11.3 Å². The Hall–Kier alpha value is -3.40. The Morgan fingerprint density at radius 1 is 1.05 bits per heavy atom. The maximum Gasteiger partial charge on any atom is 0.411 e. The molecule has 10 heteroatoms. The first-order valence-corrected chi connectivity index (χ1v) is 13.5. The summed E-state index contributed by atoms with van der Waals surface area (Å²) in [7, 11) is 0. The number of fused-ring (bicyclic) bond motifs is 1. The number of nitrogens with one attached hydrogen (secondary N) is 1. The minimum absolute atomic E-state index is 0.0153. The average molecular weight is 543 g/mol. The van der Waals surface area contributed by atoms with Crippen molar-refractivity contribution in [2.24, 2.45) is 5.92 Å². The number of alkyl halides is 3. The molecule has 2 amide bonds. The molecule has 0 atom stereocenters. The van der Waals surface area contributed by atoms with Gasteiger partial charge < -0.3 is 15.0 Å². The van der Waals surface area contributed by atoms with E-state index in [1.54, 1.807) is 12.1 Å². The molecule has 2 aliphatic rings. The number of carbonyl (C=O) groups excluding carboxylic acids is 2. The number of aromatic nitrogens is 2. The van der Waals surface area contributed by atoms with Crippen LogP contribution in [0.4, 0.5) is 13.2 Å². The van der Waals surface area contributed by atoms with E-state index >= 15 is 0 Å². The highest BCUT2D eigenvalue weighted by Gasteiger charge is 2.28. The van der Waals surface area contributed by atoms with Crippen LogP contribution in [-0.4, -0.2) is 65.5 Å². The van der Waals surface area contributed by atoms with Crippen molar-refractivity contribution < 1.29 is 27.5 Å². The standard InChI is InChI=1S/C29H33F3N4O3/c1-19-24(27(37)33-12-15-39-18-29(30,31)32)8-9-26-25(19)17-36(34-26)16-20-10-13-35(14-11-20)28(38)23-6-4-22(5-7-23)21-2-3-21/h4-9,17,20-21H,2-3,10-16,18H2,1H3,(H,33,37). The molecule has 0 spiro atoms. The first-order valence-electron chi connectivity index (χ1n) is 13.5. The van der Waals surface area contributed by atoms with E-state index in [0.29, 0.717) is 30.5 Å². The lowest BCUT2D eigenvalue weighted by molar-refractivity contribution is -0.173. The highest BCUT2D eigenvalue weighted by Crippen LogP contribution is 2.40. The van der Waals surface area contributed by atoms with Crippen molar-refractivity contribution >= 4 is 22.7 Å². The van der Waals surface area contributed by atoms with Crippen LogP contribution in [0.3, 0.4) is 0 Å². The summed E-state index contributed by atoms with van der Waals surface area (Å²) in [6.45, 7) is 2.42. The van der Waals surface area contributed by atoms with Crippen LogP contribution < -0.4 is 5.32 Å². The predicted molar refractivity (Wildman–Crippen MR) is 141 cm³/mol. The Labute approximate surface area is 225 Å². The molecule has 1 saturated carbocycles. The van der Waals surface area contributed by atoms with Crippen LogP contribution in [0.25, 0.3) is 10.9 Å². The molecule has 2 aromatic carbocycles. The first-order chi connectivity index (χ1) is 18.7. The number of rotatable bonds is 9. The topological polar surface area (TPSA) is 76.5 Å². The van der Waals surface area contributed by atoms with Crippen molar-refractivity contribution in [3.05, 3.63) is 64.8 Å². The molecule has 2 heterocycles. The molecule has 1 N–H and O–H groups in total. The number of ether oxygens (including phenoxy) is 1. The van der Waals surface area contributed by atoms with Gasteiger partial charge in [0.1, 0.15) is 6.61 Å². The molecule has 0 bridgehead atoms. The number of hydrogen-bond donors (Lipinski definition) is 1. The molecule has 1 saturated heterocycles. The van der Waals surface area contributed by atoms with Crippen molar-refractivity contribution in [1.82, 2.24) is 20.0 Å². The summed E-state index contributed by atoms with van der Waals surface area (Å²) < 4.78 is 43.0. The van der Waals surface area contributed by atoms with Gasteiger partial charge in [-0.15, -0.1) is 0 Å². The Bertz CT molecular complexity index is 1320. The smallest absolute Gasteiger partial charge is 0.370 e. The van der Waals surface area contributed by atoms with E-state index in [1.807, 2.05) is 34.8 Å². The monoisotopic (exact) mass is 542 g/mol. The zero-order valence-electron chi connectivity index (χ0n) is 22.0. The Balaban J connectivity index is 1.13. The van der Waals surface area contributed by atoms with E-state index in [2.05, 4.69) is 27.3 Å². The second-order valence-corrected chi connectivity index (χ2v) is 10.6. The van der Waals surface area contributed by atoms with Gasteiger partial charge in [0.15, 0.2) is 0 Å². The molecule has 1 aromatic heterocycles. The summed E-state index contributed by atoms with van der Waals surface area (Å²) >= 11 is 0. The first kappa shape index (κ1) is 27.2. The van der Waals surface area contributed by atoms with Gasteiger partial charge >= 0.3 is 6.18 Å². The summed E-state index contributed by atoms with van der Waals surface area (Å²) in [5.74, 6) is 0.794. The van der Waals surface area contributed by atoms with E-state index < -0.39 is 12.8 Å². The minimum Gasteiger partial charge on any atom is -0.370 e. The summed E-state index contributed by atoms with van der Waals surface area (Å²) in [5.41, 5.74) is 4.07. The van der Waals surface area contributed by atoms with Gasteiger partial charge in [0, 0.05) is 48.9 Å². The zero-order valence-corrected chi connectivity index (χ0v) is 22.0. The van der Waals surface area contributed by atoms with Crippen molar-refractivity contribution in [2.45, 2.75) is 51.2 Å². The predicted octanol–water partition coefficient (Wildman–Crippen LogP) is 5.08. The number of aryl methyl sites for hydroxylation is 1. The number of halogens is 3. The summed E-state index contributed by atoms with van der Waals surface area (Å²) in [6.07, 6.45) is 1.83. The fourth-order valence-corrected chi connectivity index (χ4v) is 5.22. The quantitative estimate of drug-likeness (QED) is 0.383. The molecule has 1 aliphatic carbocycles. The van der Waals surface area contributed by atoms with Crippen molar-refractivity contribution in [1.29, 1.82) is 0 Å². The summed E-state index contributed by atoms with van der Waals surface area (Å²) in [5, 5.41) is 8.15. The molecule has 0 unspecified atom stereocenters. The second kappa shape index (κ2) is 11.4. The largest absolute Gasteiger partial charge is 0.411 e. The molecular formula is C29H33F3N4O3. The van der Waals surface area contributed by atoms with Gasteiger partial charge in [-0.05, 0) is 79.8 Å². The number of nitrogens with zero attached hydrogens (tertiary/aromatic N) is 3. The van der Waals surface area contributed by atoms with Crippen molar-refractivity contribution in [3.63, 3.8) is 0 Å². The number of hydrogen-bond acceptors (Lipinski definition) is 4. The fraction of sp³-hybridized carbons (Fsp3) is 0.483. The second-order valence-electron chi connectivity index (χ2n) is 10.6. The Morgan fingerprint density at radius 2 is 1.77 bits per heavy atom. The van der Waals surface area contributed by atoms with Crippen LogP contribution >= 0.6 is 0 Å². The van der Waals surface area contributed by atoms with Gasteiger partial charge in [-0.25, -0.2) is 0 Å².